The molecule has 0 radical (unpaired) electrons. The minimum absolute atomic E-state index is 0.157. The lowest BCUT2D eigenvalue weighted by atomic mass is 10.1. The van der Waals surface area contributed by atoms with Crippen molar-refractivity contribution in [2.24, 2.45) is 11.7 Å². The number of hydrogen-bond donors (Lipinski definition) is 2. The predicted octanol–water partition coefficient (Wildman–Crippen LogP) is 1.21. The van der Waals surface area contributed by atoms with Crippen molar-refractivity contribution < 1.29 is 4.79 Å². The molecule has 0 aromatic heterocycles. The van der Waals surface area contributed by atoms with Crippen LogP contribution in [0.25, 0.3) is 0 Å². The maximum atomic E-state index is 11.5. The molecule has 1 atom stereocenters. The summed E-state index contributed by atoms with van der Waals surface area (Å²) in [6, 6.07) is 0. The van der Waals surface area contributed by atoms with Gasteiger partial charge in [0, 0.05) is 13.0 Å². The molecule has 0 bridgehead atoms. The molecule has 0 aromatic carbocycles. The third kappa shape index (κ3) is 9.12. The highest BCUT2D eigenvalue weighted by molar-refractivity contribution is 5.75. The maximum Gasteiger partial charge on any atom is 0.220 e. The van der Waals surface area contributed by atoms with Gasteiger partial charge in [-0.1, -0.05) is 20.8 Å². The summed E-state index contributed by atoms with van der Waals surface area (Å²) in [5.74, 6) is 0.598. The Labute approximate surface area is 106 Å². The molecule has 4 nitrogen and oxygen atoms in total. The van der Waals surface area contributed by atoms with E-state index in [2.05, 4.69) is 31.0 Å². The number of rotatable bonds is 10. The number of carbonyl (C=O) groups excluding carboxylic acids is 1. The summed E-state index contributed by atoms with van der Waals surface area (Å²) < 4.78 is 0. The van der Waals surface area contributed by atoms with Gasteiger partial charge in [0.05, 0.1) is 0 Å². The highest BCUT2D eigenvalue weighted by atomic mass is 16.1. The third-order valence-corrected chi connectivity index (χ3v) is 3.13. The Kier molecular flexibility index (Phi) is 10.2. The van der Waals surface area contributed by atoms with E-state index in [-0.39, 0.29) is 5.91 Å². The van der Waals surface area contributed by atoms with Gasteiger partial charge in [0.1, 0.15) is 0 Å². The Bertz CT molecular complexity index is 193. The van der Waals surface area contributed by atoms with E-state index in [4.69, 9.17) is 5.73 Å². The van der Waals surface area contributed by atoms with E-state index in [1.807, 2.05) is 0 Å². The van der Waals surface area contributed by atoms with Crippen molar-refractivity contribution in [3.8, 4) is 0 Å². The highest BCUT2D eigenvalue weighted by Gasteiger charge is 2.05. The Balaban J connectivity index is 3.45. The normalized spacial score (nSPS) is 12.8. The van der Waals surface area contributed by atoms with Gasteiger partial charge in [-0.05, 0) is 44.9 Å². The monoisotopic (exact) mass is 243 g/mol. The van der Waals surface area contributed by atoms with Crippen LogP contribution in [-0.4, -0.2) is 43.5 Å². The van der Waals surface area contributed by atoms with E-state index in [1.54, 1.807) is 0 Å². The van der Waals surface area contributed by atoms with E-state index in [9.17, 15) is 4.79 Å². The summed E-state index contributed by atoms with van der Waals surface area (Å²) in [5, 5.41) is 2.96. The molecule has 0 fully saturated rings. The SMILES string of the molecule is CCN(CC)CCCNC(=O)CCC(C)CN. The first-order chi connectivity index (χ1) is 8.13. The van der Waals surface area contributed by atoms with Crippen LogP contribution >= 0.6 is 0 Å². The quantitative estimate of drug-likeness (QED) is 0.567. The van der Waals surface area contributed by atoms with Crippen LogP contribution in [0.2, 0.25) is 0 Å². The zero-order chi connectivity index (χ0) is 13.1. The Hall–Kier alpha value is -0.610. The fraction of sp³-hybridized carbons (Fsp3) is 0.923. The van der Waals surface area contributed by atoms with Crippen molar-refractivity contribution in [1.29, 1.82) is 0 Å². The molecule has 0 aromatic rings. The highest BCUT2D eigenvalue weighted by Crippen LogP contribution is 2.02. The Morgan fingerprint density at radius 2 is 2.00 bits per heavy atom. The second kappa shape index (κ2) is 10.5. The lowest BCUT2D eigenvalue weighted by molar-refractivity contribution is -0.121. The van der Waals surface area contributed by atoms with Gasteiger partial charge in [-0.3, -0.25) is 4.79 Å². The van der Waals surface area contributed by atoms with Gasteiger partial charge < -0.3 is 16.0 Å². The molecular weight excluding hydrogens is 214 g/mol. The van der Waals surface area contributed by atoms with Crippen LogP contribution < -0.4 is 11.1 Å². The molecule has 102 valence electrons. The molecule has 0 rings (SSSR count). The summed E-state index contributed by atoms with van der Waals surface area (Å²) in [6.45, 7) is 11.1. The Morgan fingerprint density at radius 1 is 1.35 bits per heavy atom. The lowest BCUT2D eigenvalue weighted by Crippen LogP contribution is -2.30. The summed E-state index contributed by atoms with van der Waals surface area (Å²) in [7, 11) is 0. The fourth-order valence-electron chi connectivity index (χ4n) is 1.65. The predicted molar refractivity (Wildman–Crippen MR) is 72.9 cm³/mol. The fourth-order valence-corrected chi connectivity index (χ4v) is 1.65. The summed E-state index contributed by atoms with van der Waals surface area (Å²) in [4.78, 5) is 13.8. The van der Waals surface area contributed by atoms with Crippen LogP contribution in [0.5, 0.6) is 0 Å². The van der Waals surface area contributed by atoms with Crippen molar-refractivity contribution in [3.05, 3.63) is 0 Å². The second-order valence-electron chi connectivity index (χ2n) is 4.61. The topological polar surface area (TPSA) is 58.4 Å². The molecule has 0 spiro atoms. The minimum Gasteiger partial charge on any atom is -0.356 e. The van der Waals surface area contributed by atoms with E-state index >= 15 is 0 Å². The molecule has 0 aliphatic carbocycles. The molecule has 0 saturated heterocycles. The van der Waals surface area contributed by atoms with Gasteiger partial charge in [0.15, 0.2) is 0 Å². The summed E-state index contributed by atoms with van der Waals surface area (Å²) in [5.41, 5.74) is 5.51. The zero-order valence-electron chi connectivity index (χ0n) is 11.7. The van der Waals surface area contributed by atoms with Gasteiger partial charge >= 0.3 is 0 Å². The first-order valence-corrected chi connectivity index (χ1v) is 6.83. The smallest absolute Gasteiger partial charge is 0.220 e. The molecule has 0 aliphatic heterocycles. The molecule has 0 heterocycles. The molecule has 0 saturated carbocycles. The molecule has 0 aliphatic rings. The third-order valence-electron chi connectivity index (χ3n) is 3.13. The molecule has 1 unspecified atom stereocenters. The van der Waals surface area contributed by atoms with E-state index in [0.717, 1.165) is 39.0 Å². The molecule has 17 heavy (non-hydrogen) atoms. The van der Waals surface area contributed by atoms with E-state index < -0.39 is 0 Å². The van der Waals surface area contributed by atoms with Crippen LogP contribution in [0.1, 0.15) is 40.0 Å². The van der Waals surface area contributed by atoms with Gasteiger partial charge in [0.25, 0.3) is 0 Å². The maximum absolute atomic E-state index is 11.5. The standard InChI is InChI=1S/C13H29N3O/c1-4-16(5-2)10-6-9-15-13(17)8-7-12(3)11-14/h12H,4-11,14H2,1-3H3,(H,15,17). The summed E-state index contributed by atoms with van der Waals surface area (Å²) in [6.07, 6.45) is 2.52. The van der Waals surface area contributed by atoms with Crippen molar-refractivity contribution in [1.82, 2.24) is 10.2 Å². The van der Waals surface area contributed by atoms with Crippen molar-refractivity contribution in [2.45, 2.75) is 40.0 Å². The molecular formula is C13H29N3O. The molecule has 4 heteroatoms. The van der Waals surface area contributed by atoms with Gasteiger partial charge in [-0.25, -0.2) is 0 Å². The number of nitrogens with two attached hydrogens (primary N) is 1. The van der Waals surface area contributed by atoms with E-state index in [0.29, 0.717) is 18.9 Å². The van der Waals surface area contributed by atoms with Gasteiger partial charge in [-0.2, -0.15) is 0 Å². The van der Waals surface area contributed by atoms with Crippen molar-refractivity contribution in [2.75, 3.05) is 32.7 Å². The number of amides is 1. The Morgan fingerprint density at radius 3 is 2.53 bits per heavy atom. The second-order valence-corrected chi connectivity index (χ2v) is 4.61. The lowest BCUT2D eigenvalue weighted by Gasteiger charge is -2.17. The largest absolute Gasteiger partial charge is 0.356 e. The summed E-state index contributed by atoms with van der Waals surface area (Å²) >= 11 is 0. The molecule has 3 N–H and O–H groups in total. The van der Waals surface area contributed by atoms with E-state index in [1.165, 1.54) is 0 Å². The van der Waals surface area contributed by atoms with Gasteiger partial charge in [-0.15, -0.1) is 0 Å². The number of nitrogens with one attached hydrogen (secondary N) is 1. The first-order valence-electron chi connectivity index (χ1n) is 6.83. The van der Waals surface area contributed by atoms with Crippen LogP contribution in [-0.2, 0) is 4.79 Å². The minimum atomic E-state index is 0.157. The van der Waals surface area contributed by atoms with Gasteiger partial charge in [0.2, 0.25) is 5.91 Å². The van der Waals surface area contributed by atoms with Crippen molar-refractivity contribution in [3.63, 3.8) is 0 Å². The zero-order valence-corrected chi connectivity index (χ0v) is 11.7. The van der Waals surface area contributed by atoms with Crippen molar-refractivity contribution >= 4 is 5.91 Å². The van der Waals surface area contributed by atoms with Crippen LogP contribution in [0.15, 0.2) is 0 Å². The van der Waals surface area contributed by atoms with Crippen LogP contribution in [0, 0.1) is 5.92 Å². The van der Waals surface area contributed by atoms with Crippen LogP contribution in [0.4, 0.5) is 0 Å². The number of carbonyl (C=O) groups is 1. The average Bonchev–Trinajstić information content (AvgIpc) is 2.36. The number of hydrogen-bond acceptors (Lipinski definition) is 3. The van der Waals surface area contributed by atoms with Crippen LogP contribution in [0.3, 0.4) is 0 Å². The first kappa shape index (κ1) is 16.4. The average molecular weight is 243 g/mol. The molecule has 1 amide bonds. The number of nitrogens with zero attached hydrogens (tertiary/aromatic N) is 1.